The average molecular weight is 303 g/mol. The zero-order valence-electron chi connectivity index (χ0n) is 12.5. The molecule has 0 radical (unpaired) electrons. The third-order valence-corrected chi connectivity index (χ3v) is 4.67. The summed E-state index contributed by atoms with van der Waals surface area (Å²) in [7, 11) is 0. The molecule has 0 spiro atoms. The first kappa shape index (κ1) is 15.0. The van der Waals surface area contributed by atoms with Gasteiger partial charge >= 0.3 is 6.09 Å². The summed E-state index contributed by atoms with van der Waals surface area (Å²) in [6.45, 7) is 1.97. The van der Waals surface area contributed by atoms with E-state index in [9.17, 15) is 9.59 Å². The molecule has 1 saturated heterocycles. The summed E-state index contributed by atoms with van der Waals surface area (Å²) in [4.78, 5) is 29.9. The van der Waals surface area contributed by atoms with Gasteiger partial charge in [0.2, 0.25) is 5.88 Å². The number of ether oxygens (including phenoxy) is 1. The van der Waals surface area contributed by atoms with E-state index in [-0.39, 0.29) is 17.6 Å². The summed E-state index contributed by atoms with van der Waals surface area (Å²) < 4.78 is 4.73. The van der Waals surface area contributed by atoms with Gasteiger partial charge in [0.25, 0.3) is 0 Å². The van der Waals surface area contributed by atoms with Crippen molar-refractivity contribution in [3.8, 4) is 5.88 Å². The van der Waals surface area contributed by atoms with E-state index < -0.39 is 6.09 Å². The second-order valence-electron chi connectivity index (χ2n) is 6.04. The molecule has 0 atom stereocenters. The van der Waals surface area contributed by atoms with Crippen LogP contribution in [0.3, 0.4) is 0 Å². The highest BCUT2D eigenvalue weighted by Gasteiger charge is 2.31. The summed E-state index contributed by atoms with van der Waals surface area (Å²) in [5.74, 6) is 0.112. The normalized spacial score (nSPS) is 20.4. The van der Waals surface area contributed by atoms with Crippen LogP contribution in [0.5, 0.6) is 5.88 Å². The summed E-state index contributed by atoms with van der Waals surface area (Å²) in [5, 5.41) is 0. The van der Waals surface area contributed by atoms with Crippen molar-refractivity contribution in [2.45, 2.75) is 38.1 Å². The van der Waals surface area contributed by atoms with E-state index in [4.69, 9.17) is 10.5 Å². The lowest BCUT2D eigenvalue weighted by molar-refractivity contribution is 0.0667. The molecule has 1 aliphatic heterocycles. The molecule has 1 saturated carbocycles. The summed E-state index contributed by atoms with van der Waals surface area (Å²) in [6.07, 6.45) is 4.75. The number of hydrogen-bond donors (Lipinski definition) is 1. The number of likely N-dealkylation sites (tertiary alicyclic amines) is 1. The SMILES string of the molecule is NC(=O)Oc1cccc(C(=O)C2CCN(C3CCC3)CC2)n1. The summed E-state index contributed by atoms with van der Waals surface area (Å²) in [5.41, 5.74) is 5.31. The van der Waals surface area contributed by atoms with Gasteiger partial charge in [-0.25, -0.2) is 9.78 Å². The van der Waals surface area contributed by atoms with Gasteiger partial charge in [-0.3, -0.25) is 4.79 Å². The van der Waals surface area contributed by atoms with Crippen molar-refractivity contribution >= 4 is 11.9 Å². The van der Waals surface area contributed by atoms with Crippen LogP contribution in [0.15, 0.2) is 18.2 Å². The van der Waals surface area contributed by atoms with Crippen molar-refractivity contribution in [3.63, 3.8) is 0 Å². The van der Waals surface area contributed by atoms with Gasteiger partial charge in [0.15, 0.2) is 5.78 Å². The Kier molecular flexibility index (Phi) is 4.38. The quantitative estimate of drug-likeness (QED) is 0.860. The van der Waals surface area contributed by atoms with E-state index in [0.29, 0.717) is 5.69 Å². The maximum atomic E-state index is 12.5. The Labute approximate surface area is 129 Å². The van der Waals surface area contributed by atoms with Crippen molar-refractivity contribution < 1.29 is 14.3 Å². The van der Waals surface area contributed by atoms with Gasteiger partial charge < -0.3 is 15.4 Å². The minimum Gasteiger partial charge on any atom is -0.391 e. The standard InChI is InChI=1S/C16H21N3O3/c17-16(21)22-14-6-2-5-13(18-14)15(20)11-7-9-19(10-8-11)12-3-1-4-12/h2,5-6,11-12H,1,3-4,7-10H2,(H2,17,21). The molecule has 3 rings (SSSR count). The molecule has 1 aliphatic carbocycles. The second-order valence-corrected chi connectivity index (χ2v) is 6.04. The van der Waals surface area contributed by atoms with E-state index in [1.165, 1.54) is 25.3 Å². The Morgan fingerprint density at radius 1 is 1.18 bits per heavy atom. The number of hydrogen-bond acceptors (Lipinski definition) is 5. The predicted molar refractivity (Wildman–Crippen MR) is 80.7 cm³/mol. The van der Waals surface area contributed by atoms with Gasteiger partial charge in [-0.05, 0) is 44.8 Å². The zero-order chi connectivity index (χ0) is 15.5. The molecule has 6 heteroatoms. The number of carbonyl (C=O) groups excluding carboxylic acids is 2. The molecule has 22 heavy (non-hydrogen) atoms. The number of nitrogens with two attached hydrogens (primary N) is 1. The molecule has 1 amide bonds. The van der Waals surface area contributed by atoms with E-state index in [1.54, 1.807) is 12.1 Å². The Morgan fingerprint density at radius 2 is 1.91 bits per heavy atom. The molecule has 0 aromatic carbocycles. The van der Waals surface area contributed by atoms with Crippen LogP contribution in [-0.4, -0.2) is 40.9 Å². The Bertz CT molecular complexity index is 564. The van der Waals surface area contributed by atoms with Crippen LogP contribution in [-0.2, 0) is 0 Å². The number of pyridine rings is 1. The number of ketones is 1. The van der Waals surface area contributed by atoms with Crippen LogP contribution in [0.2, 0.25) is 0 Å². The molecule has 118 valence electrons. The molecular formula is C16H21N3O3. The van der Waals surface area contributed by atoms with Crippen LogP contribution in [0.1, 0.15) is 42.6 Å². The van der Waals surface area contributed by atoms with Gasteiger partial charge in [-0.2, -0.15) is 0 Å². The third kappa shape index (κ3) is 3.27. The number of carbonyl (C=O) groups is 2. The molecule has 2 N–H and O–H groups in total. The fourth-order valence-corrected chi connectivity index (χ4v) is 3.20. The molecule has 1 aromatic heterocycles. The smallest absolute Gasteiger partial charge is 0.391 e. The molecular weight excluding hydrogens is 282 g/mol. The fourth-order valence-electron chi connectivity index (χ4n) is 3.20. The molecule has 0 unspecified atom stereocenters. The maximum Gasteiger partial charge on any atom is 0.411 e. The fraction of sp³-hybridized carbons (Fsp3) is 0.562. The average Bonchev–Trinajstić information content (AvgIpc) is 2.45. The lowest BCUT2D eigenvalue weighted by Gasteiger charge is -2.41. The number of nitrogens with zero attached hydrogens (tertiary/aromatic N) is 2. The van der Waals surface area contributed by atoms with Gasteiger partial charge in [-0.1, -0.05) is 12.5 Å². The van der Waals surface area contributed by atoms with Gasteiger partial charge in [0.05, 0.1) is 0 Å². The highest BCUT2D eigenvalue weighted by Crippen LogP contribution is 2.30. The van der Waals surface area contributed by atoms with Gasteiger partial charge in [0, 0.05) is 18.0 Å². The predicted octanol–water partition coefficient (Wildman–Crippen LogP) is 1.99. The van der Waals surface area contributed by atoms with Crippen LogP contribution in [0.4, 0.5) is 4.79 Å². The Morgan fingerprint density at radius 3 is 2.50 bits per heavy atom. The van der Waals surface area contributed by atoms with Crippen LogP contribution in [0, 0.1) is 5.92 Å². The number of Topliss-reactive ketones (excluding diaryl/α,β-unsaturated/α-hetero) is 1. The van der Waals surface area contributed by atoms with Crippen molar-refractivity contribution in [2.75, 3.05) is 13.1 Å². The number of aromatic nitrogens is 1. The van der Waals surface area contributed by atoms with Crippen molar-refractivity contribution in [1.82, 2.24) is 9.88 Å². The molecule has 2 aliphatic rings. The first-order valence-corrected chi connectivity index (χ1v) is 7.86. The summed E-state index contributed by atoms with van der Waals surface area (Å²) >= 11 is 0. The Balaban J connectivity index is 1.60. The first-order chi connectivity index (χ1) is 10.6. The lowest BCUT2D eigenvalue weighted by atomic mass is 9.86. The minimum absolute atomic E-state index is 0.00709. The number of piperidine rings is 1. The second kappa shape index (κ2) is 6.44. The monoisotopic (exact) mass is 303 g/mol. The molecule has 0 bridgehead atoms. The third-order valence-electron chi connectivity index (χ3n) is 4.67. The highest BCUT2D eigenvalue weighted by atomic mass is 16.6. The molecule has 6 nitrogen and oxygen atoms in total. The zero-order valence-corrected chi connectivity index (χ0v) is 12.5. The van der Waals surface area contributed by atoms with Crippen LogP contribution < -0.4 is 10.5 Å². The largest absolute Gasteiger partial charge is 0.411 e. The number of rotatable bonds is 4. The highest BCUT2D eigenvalue weighted by molar-refractivity contribution is 5.96. The molecule has 2 heterocycles. The van der Waals surface area contributed by atoms with Gasteiger partial charge in [0.1, 0.15) is 5.69 Å². The minimum atomic E-state index is -0.925. The Hall–Kier alpha value is -1.95. The van der Waals surface area contributed by atoms with E-state index in [1.807, 2.05) is 0 Å². The summed E-state index contributed by atoms with van der Waals surface area (Å²) in [6, 6.07) is 5.57. The molecule has 1 aromatic rings. The van der Waals surface area contributed by atoms with Crippen molar-refractivity contribution in [2.24, 2.45) is 11.7 Å². The van der Waals surface area contributed by atoms with Crippen molar-refractivity contribution in [3.05, 3.63) is 23.9 Å². The van der Waals surface area contributed by atoms with Crippen LogP contribution in [0.25, 0.3) is 0 Å². The van der Waals surface area contributed by atoms with E-state index in [2.05, 4.69) is 9.88 Å². The lowest BCUT2D eigenvalue weighted by Crippen LogP contribution is -2.45. The number of primary amides is 1. The van der Waals surface area contributed by atoms with Crippen molar-refractivity contribution in [1.29, 1.82) is 0 Å². The molecule has 2 fully saturated rings. The van der Waals surface area contributed by atoms with E-state index >= 15 is 0 Å². The van der Waals surface area contributed by atoms with Crippen LogP contribution >= 0.6 is 0 Å². The first-order valence-electron chi connectivity index (χ1n) is 7.86. The van der Waals surface area contributed by atoms with E-state index in [0.717, 1.165) is 32.0 Å². The van der Waals surface area contributed by atoms with Gasteiger partial charge in [-0.15, -0.1) is 0 Å². The maximum absolute atomic E-state index is 12.5. The topological polar surface area (TPSA) is 85.5 Å². The number of amides is 1.